The predicted octanol–water partition coefficient (Wildman–Crippen LogP) is 3.29. The molecule has 0 radical (unpaired) electrons. The van der Waals surface area contributed by atoms with Crippen molar-refractivity contribution in [3.05, 3.63) is 5.69 Å². The van der Waals surface area contributed by atoms with E-state index in [0.29, 0.717) is 0 Å². The third kappa shape index (κ3) is 3.73. The van der Waals surface area contributed by atoms with Gasteiger partial charge in [-0.2, -0.15) is 0 Å². The van der Waals surface area contributed by atoms with Gasteiger partial charge in [0.2, 0.25) is 0 Å². The zero-order valence-corrected chi connectivity index (χ0v) is 13.6. The highest BCUT2D eigenvalue weighted by Gasteiger charge is 2.30. The summed E-state index contributed by atoms with van der Waals surface area (Å²) < 4.78 is 4.06. The molecule has 21 heavy (non-hydrogen) atoms. The molecule has 1 aromatic heterocycles. The number of nitrogens with two attached hydrogens (primary N) is 1. The molecule has 0 aromatic carbocycles. The zero-order chi connectivity index (χ0) is 14.5. The number of hydrogen-bond donors (Lipinski definition) is 2. The largest absolute Gasteiger partial charge is 0.313 e. The molecule has 3 rings (SSSR count). The minimum absolute atomic E-state index is 0.731. The van der Waals surface area contributed by atoms with E-state index in [9.17, 15) is 0 Å². The molecule has 5 nitrogen and oxygen atoms in total. The van der Waals surface area contributed by atoms with E-state index in [1.54, 1.807) is 0 Å². The zero-order valence-electron chi connectivity index (χ0n) is 12.8. The summed E-state index contributed by atoms with van der Waals surface area (Å²) in [5.41, 5.74) is 3.78. The van der Waals surface area contributed by atoms with Gasteiger partial charge in [-0.05, 0) is 25.7 Å². The van der Waals surface area contributed by atoms with E-state index in [-0.39, 0.29) is 0 Å². The number of hydrazine groups is 1. The fraction of sp³-hybridized carbons (Fsp3) is 0.867. The Bertz CT molecular complexity index is 405. The Morgan fingerprint density at radius 1 is 1.00 bits per heavy atom. The van der Waals surface area contributed by atoms with E-state index in [1.165, 1.54) is 75.7 Å². The van der Waals surface area contributed by atoms with Crippen LogP contribution in [0.25, 0.3) is 0 Å². The van der Waals surface area contributed by atoms with E-state index >= 15 is 0 Å². The fourth-order valence-electron chi connectivity index (χ4n) is 3.98. The molecule has 2 fully saturated rings. The number of aromatic nitrogens is 2. The van der Waals surface area contributed by atoms with Crippen LogP contribution >= 0.6 is 11.5 Å². The van der Waals surface area contributed by atoms with Crippen molar-refractivity contribution < 1.29 is 0 Å². The molecule has 2 aliphatic rings. The Hall–Kier alpha value is -0.720. The molecule has 0 spiro atoms. The van der Waals surface area contributed by atoms with Crippen LogP contribution in [0.5, 0.6) is 0 Å². The van der Waals surface area contributed by atoms with Crippen LogP contribution in [0.2, 0.25) is 0 Å². The first-order valence-electron chi connectivity index (χ1n) is 8.42. The smallest absolute Gasteiger partial charge is 0.148 e. The van der Waals surface area contributed by atoms with Crippen molar-refractivity contribution in [2.75, 3.05) is 5.43 Å². The third-order valence-corrected chi connectivity index (χ3v) is 5.81. The fourth-order valence-corrected chi connectivity index (χ4v) is 4.46. The van der Waals surface area contributed by atoms with E-state index in [1.807, 2.05) is 0 Å². The lowest BCUT2D eigenvalue weighted by atomic mass is 9.88. The van der Waals surface area contributed by atoms with Crippen molar-refractivity contribution in [1.29, 1.82) is 0 Å². The van der Waals surface area contributed by atoms with Gasteiger partial charge in [0.1, 0.15) is 10.7 Å². The predicted molar refractivity (Wildman–Crippen MR) is 87.0 cm³/mol. The van der Waals surface area contributed by atoms with Crippen LogP contribution in [0, 0.1) is 0 Å². The lowest BCUT2D eigenvalue weighted by Gasteiger charge is -2.41. The first-order valence-corrected chi connectivity index (χ1v) is 9.19. The average molecular weight is 309 g/mol. The Kier molecular flexibility index (Phi) is 5.43. The number of nitrogen functional groups attached to an aromatic ring is 1. The quantitative estimate of drug-likeness (QED) is 0.645. The normalized spacial score (nSPS) is 21.8. The molecule has 1 aromatic rings. The summed E-state index contributed by atoms with van der Waals surface area (Å²) in [6, 6.07) is 1.46. The number of hydrogen-bond acceptors (Lipinski definition) is 6. The summed E-state index contributed by atoms with van der Waals surface area (Å²) in [6.07, 6.45) is 13.7. The lowest BCUT2D eigenvalue weighted by Crippen LogP contribution is -2.44. The van der Waals surface area contributed by atoms with Crippen molar-refractivity contribution in [2.24, 2.45) is 5.84 Å². The summed E-state index contributed by atoms with van der Waals surface area (Å²) in [5, 5.41) is 5.22. The number of rotatable bonds is 5. The van der Waals surface area contributed by atoms with Gasteiger partial charge in [0.05, 0.1) is 0 Å². The van der Waals surface area contributed by atoms with Crippen LogP contribution in [0.1, 0.15) is 69.9 Å². The topological polar surface area (TPSA) is 67.1 Å². The molecule has 0 unspecified atom stereocenters. The second-order valence-corrected chi connectivity index (χ2v) is 7.20. The summed E-state index contributed by atoms with van der Waals surface area (Å²) in [4.78, 5) is 2.73. The molecule has 1 heterocycles. The monoisotopic (exact) mass is 309 g/mol. The second kappa shape index (κ2) is 7.51. The molecule has 0 saturated heterocycles. The van der Waals surface area contributed by atoms with Crippen molar-refractivity contribution in [3.63, 3.8) is 0 Å². The van der Waals surface area contributed by atoms with Crippen LogP contribution < -0.4 is 11.3 Å². The van der Waals surface area contributed by atoms with E-state index in [2.05, 4.69) is 19.9 Å². The minimum Gasteiger partial charge on any atom is -0.313 e. The SMILES string of the molecule is NNc1snnc1CN(C1CCCCC1)C1CCCCC1. The van der Waals surface area contributed by atoms with Crippen molar-refractivity contribution >= 4 is 16.5 Å². The number of nitrogens with one attached hydrogen (secondary N) is 1. The first-order chi connectivity index (χ1) is 10.4. The molecule has 3 N–H and O–H groups in total. The van der Waals surface area contributed by atoms with Crippen LogP contribution in [0.3, 0.4) is 0 Å². The molecule has 2 saturated carbocycles. The van der Waals surface area contributed by atoms with Crippen molar-refractivity contribution in [3.8, 4) is 0 Å². The van der Waals surface area contributed by atoms with E-state index < -0.39 is 0 Å². The summed E-state index contributed by atoms with van der Waals surface area (Å²) in [7, 11) is 0. The second-order valence-electron chi connectivity index (χ2n) is 6.45. The number of nitrogens with zero attached hydrogens (tertiary/aromatic N) is 3. The Balaban J connectivity index is 1.74. The van der Waals surface area contributed by atoms with Gasteiger partial charge < -0.3 is 5.43 Å². The maximum absolute atomic E-state index is 5.59. The Morgan fingerprint density at radius 2 is 1.57 bits per heavy atom. The van der Waals surface area contributed by atoms with Gasteiger partial charge in [0.15, 0.2) is 0 Å². The minimum atomic E-state index is 0.731. The van der Waals surface area contributed by atoms with Gasteiger partial charge in [0, 0.05) is 30.2 Å². The Labute approximate surface area is 131 Å². The molecule has 0 amide bonds. The number of anilines is 1. The maximum Gasteiger partial charge on any atom is 0.148 e. The highest BCUT2D eigenvalue weighted by Crippen LogP contribution is 2.32. The van der Waals surface area contributed by atoms with E-state index in [0.717, 1.165) is 29.3 Å². The molecular formula is C15H27N5S. The van der Waals surface area contributed by atoms with Gasteiger partial charge in [-0.1, -0.05) is 43.0 Å². The van der Waals surface area contributed by atoms with Gasteiger partial charge in [-0.15, -0.1) is 5.10 Å². The highest BCUT2D eigenvalue weighted by atomic mass is 32.1. The van der Waals surface area contributed by atoms with Gasteiger partial charge in [-0.25, -0.2) is 5.84 Å². The third-order valence-electron chi connectivity index (χ3n) is 5.11. The van der Waals surface area contributed by atoms with Crippen LogP contribution in [-0.2, 0) is 6.54 Å². The molecule has 0 atom stereocenters. The van der Waals surface area contributed by atoms with Crippen molar-refractivity contribution in [2.45, 2.75) is 82.8 Å². The highest BCUT2D eigenvalue weighted by molar-refractivity contribution is 7.10. The molecule has 0 bridgehead atoms. The molecule has 0 aliphatic heterocycles. The molecule has 118 valence electrons. The molecular weight excluding hydrogens is 282 g/mol. The summed E-state index contributed by atoms with van der Waals surface area (Å²) >= 11 is 1.36. The van der Waals surface area contributed by atoms with E-state index in [4.69, 9.17) is 5.84 Å². The van der Waals surface area contributed by atoms with Gasteiger partial charge in [-0.3, -0.25) is 4.90 Å². The average Bonchev–Trinajstić information content (AvgIpc) is 3.01. The van der Waals surface area contributed by atoms with Gasteiger partial charge in [0.25, 0.3) is 0 Å². The first kappa shape index (κ1) is 15.2. The molecule has 2 aliphatic carbocycles. The van der Waals surface area contributed by atoms with Gasteiger partial charge >= 0.3 is 0 Å². The lowest BCUT2D eigenvalue weighted by molar-refractivity contribution is 0.0720. The van der Waals surface area contributed by atoms with Crippen LogP contribution in [0.4, 0.5) is 5.00 Å². The summed E-state index contributed by atoms with van der Waals surface area (Å²) in [6.45, 7) is 0.908. The molecule has 6 heteroatoms. The maximum atomic E-state index is 5.59. The Morgan fingerprint density at radius 3 is 2.10 bits per heavy atom. The van der Waals surface area contributed by atoms with Crippen LogP contribution in [-0.4, -0.2) is 26.6 Å². The van der Waals surface area contributed by atoms with Crippen LogP contribution in [0.15, 0.2) is 0 Å². The standard InChI is InChI=1S/C15H27N5S/c16-17-15-14(18-19-21-15)11-20(12-7-3-1-4-8-12)13-9-5-2-6-10-13/h12-13,17H,1-11,16H2. The van der Waals surface area contributed by atoms with Crippen molar-refractivity contribution in [1.82, 2.24) is 14.5 Å². The summed E-state index contributed by atoms with van der Waals surface area (Å²) in [5.74, 6) is 5.59.